The first-order valence-corrected chi connectivity index (χ1v) is 28.9. The van der Waals surface area contributed by atoms with E-state index in [9.17, 15) is 14.4 Å². The average molecular weight is 950 g/mol. The molecule has 0 aliphatic heterocycles. The summed E-state index contributed by atoms with van der Waals surface area (Å²) in [5, 5.41) is 0. The number of rotatable bonds is 52. The van der Waals surface area contributed by atoms with Crippen LogP contribution in [-0.2, 0) is 28.6 Å². The van der Waals surface area contributed by atoms with E-state index < -0.39 is 12.1 Å². The standard InChI is InChI=1S/C62H108O6/c1-4-7-10-13-16-19-22-25-28-30-31-32-35-37-40-43-46-49-52-55-61(64)67-58-59(57-66-60(63)54-51-48-45-42-39-36-33-27-24-21-18-15-12-9-6-3)68-62(65)56-53-50-47-44-41-38-34-29-26-23-20-17-14-11-8-5-2/h9,12,18,21,27,29,33-34,39,42,48,51,59H,4-8,10-11,13-17,19-20,22-26,28,30-32,35-38,40-41,43-47,49-50,52-58H2,1-3H3/b12-9-,21-18-,33-27-,34-29-,42-39-,51-48-. The molecule has 0 aromatic heterocycles. The Bertz CT molecular complexity index is 1270. The second kappa shape index (κ2) is 56.4. The molecule has 0 saturated heterocycles. The Morgan fingerprint density at radius 3 is 1.01 bits per heavy atom. The molecule has 0 aromatic rings. The van der Waals surface area contributed by atoms with Crippen LogP contribution in [0.4, 0.5) is 0 Å². The van der Waals surface area contributed by atoms with Gasteiger partial charge in [0.2, 0.25) is 0 Å². The Hall–Kier alpha value is -3.15. The van der Waals surface area contributed by atoms with Gasteiger partial charge in [-0.3, -0.25) is 14.4 Å². The zero-order valence-electron chi connectivity index (χ0n) is 44.9. The van der Waals surface area contributed by atoms with Crippen molar-refractivity contribution in [1.29, 1.82) is 0 Å². The predicted molar refractivity (Wildman–Crippen MR) is 293 cm³/mol. The number of unbranched alkanes of at least 4 members (excludes halogenated alkanes) is 30. The summed E-state index contributed by atoms with van der Waals surface area (Å²) >= 11 is 0. The van der Waals surface area contributed by atoms with Crippen LogP contribution in [0.3, 0.4) is 0 Å². The van der Waals surface area contributed by atoms with Gasteiger partial charge in [-0.05, 0) is 70.6 Å². The number of allylic oxidation sites excluding steroid dienone is 11. The lowest BCUT2D eigenvalue weighted by molar-refractivity contribution is -0.166. The maximum Gasteiger partial charge on any atom is 0.309 e. The van der Waals surface area contributed by atoms with Gasteiger partial charge in [-0.2, -0.15) is 0 Å². The lowest BCUT2D eigenvalue weighted by atomic mass is 10.0. The van der Waals surface area contributed by atoms with Crippen LogP contribution in [0.1, 0.15) is 284 Å². The molecule has 0 bridgehead atoms. The van der Waals surface area contributed by atoms with Crippen molar-refractivity contribution >= 4 is 17.9 Å². The van der Waals surface area contributed by atoms with E-state index in [1.54, 1.807) is 6.08 Å². The van der Waals surface area contributed by atoms with Crippen LogP contribution >= 0.6 is 0 Å². The molecule has 68 heavy (non-hydrogen) atoms. The number of hydrogen-bond acceptors (Lipinski definition) is 6. The third-order valence-electron chi connectivity index (χ3n) is 12.5. The van der Waals surface area contributed by atoms with Crippen molar-refractivity contribution in [2.24, 2.45) is 0 Å². The maximum absolute atomic E-state index is 12.8. The van der Waals surface area contributed by atoms with Crippen LogP contribution in [0.2, 0.25) is 0 Å². The Labute approximate surface area is 421 Å². The molecule has 0 aliphatic rings. The Kier molecular flexibility index (Phi) is 53.8. The van der Waals surface area contributed by atoms with Crippen molar-refractivity contribution in [1.82, 2.24) is 0 Å². The molecule has 6 nitrogen and oxygen atoms in total. The fraction of sp³-hybridized carbons (Fsp3) is 0.758. The van der Waals surface area contributed by atoms with E-state index in [-0.39, 0.29) is 31.6 Å². The molecule has 0 aliphatic carbocycles. The lowest BCUT2D eigenvalue weighted by Gasteiger charge is -2.18. The van der Waals surface area contributed by atoms with E-state index in [2.05, 4.69) is 81.5 Å². The minimum absolute atomic E-state index is 0.106. The van der Waals surface area contributed by atoms with Crippen LogP contribution in [0.5, 0.6) is 0 Å². The molecule has 0 saturated carbocycles. The second-order valence-electron chi connectivity index (χ2n) is 19.2. The van der Waals surface area contributed by atoms with Gasteiger partial charge in [0, 0.05) is 12.8 Å². The van der Waals surface area contributed by atoms with Crippen LogP contribution in [-0.4, -0.2) is 37.2 Å². The maximum atomic E-state index is 12.8. The lowest BCUT2D eigenvalue weighted by Crippen LogP contribution is -2.30. The van der Waals surface area contributed by atoms with Gasteiger partial charge in [-0.15, -0.1) is 0 Å². The van der Waals surface area contributed by atoms with Gasteiger partial charge in [-0.25, -0.2) is 0 Å². The third-order valence-corrected chi connectivity index (χ3v) is 12.5. The van der Waals surface area contributed by atoms with Crippen molar-refractivity contribution in [3.63, 3.8) is 0 Å². The molecule has 0 rings (SSSR count). The normalized spacial score (nSPS) is 12.6. The highest BCUT2D eigenvalue weighted by Crippen LogP contribution is 2.16. The fourth-order valence-corrected chi connectivity index (χ4v) is 8.16. The van der Waals surface area contributed by atoms with Crippen LogP contribution in [0.15, 0.2) is 72.9 Å². The number of carbonyl (C=O) groups excluding carboxylic acids is 3. The molecule has 0 amide bonds. The monoisotopic (exact) mass is 949 g/mol. The van der Waals surface area contributed by atoms with Gasteiger partial charge in [0.05, 0.1) is 6.42 Å². The molecular formula is C62H108O6. The Morgan fingerprint density at radius 1 is 0.324 bits per heavy atom. The first-order chi connectivity index (χ1) is 33.5. The van der Waals surface area contributed by atoms with Crippen molar-refractivity contribution in [3.05, 3.63) is 72.9 Å². The first-order valence-electron chi connectivity index (χ1n) is 28.9. The van der Waals surface area contributed by atoms with E-state index in [0.29, 0.717) is 12.8 Å². The summed E-state index contributed by atoms with van der Waals surface area (Å²) in [6, 6.07) is 0. The Morgan fingerprint density at radius 2 is 0.632 bits per heavy atom. The van der Waals surface area contributed by atoms with E-state index in [1.165, 1.54) is 161 Å². The van der Waals surface area contributed by atoms with Gasteiger partial charge in [0.1, 0.15) is 13.2 Å². The number of ether oxygens (including phenoxy) is 3. The SMILES string of the molecule is CC/C=C\C/C=C\C/C=C\C/C=C\C/C=C\CC(=O)OCC(COC(=O)CCCCCCCCCCCCCCCCCCCCC)OC(=O)CCCCCCC/C=C\CCCCCCCCC. The predicted octanol–water partition coefficient (Wildman–Crippen LogP) is 19.4. The molecular weight excluding hydrogens is 841 g/mol. The zero-order chi connectivity index (χ0) is 49.3. The van der Waals surface area contributed by atoms with Gasteiger partial charge in [0.15, 0.2) is 6.10 Å². The molecule has 0 radical (unpaired) electrons. The fourth-order valence-electron chi connectivity index (χ4n) is 8.16. The molecule has 0 heterocycles. The number of carbonyl (C=O) groups is 3. The molecule has 0 fully saturated rings. The third kappa shape index (κ3) is 53.8. The first kappa shape index (κ1) is 64.8. The van der Waals surface area contributed by atoms with Crippen molar-refractivity contribution in [3.8, 4) is 0 Å². The highest BCUT2D eigenvalue weighted by atomic mass is 16.6. The molecule has 1 atom stereocenters. The van der Waals surface area contributed by atoms with Crippen molar-refractivity contribution in [2.45, 2.75) is 290 Å². The van der Waals surface area contributed by atoms with E-state index in [0.717, 1.165) is 83.5 Å². The quantitative estimate of drug-likeness (QED) is 0.0262. The summed E-state index contributed by atoms with van der Waals surface area (Å²) in [6.45, 7) is 6.46. The molecule has 0 aromatic carbocycles. The molecule has 1 unspecified atom stereocenters. The Balaban J connectivity index is 4.44. The van der Waals surface area contributed by atoms with Gasteiger partial charge >= 0.3 is 17.9 Å². The van der Waals surface area contributed by atoms with Crippen molar-refractivity contribution in [2.75, 3.05) is 13.2 Å². The van der Waals surface area contributed by atoms with E-state index >= 15 is 0 Å². The highest BCUT2D eigenvalue weighted by Gasteiger charge is 2.19. The largest absolute Gasteiger partial charge is 0.462 e. The number of esters is 3. The smallest absolute Gasteiger partial charge is 0.309 e. The average Bonchev–Trinajstić information content (AvgIpc) is 3.34. The van der Waals surface area contributed by atoms with Crippen LogP contribution in [0.25, 0.3) is 0 Å². The minimum Gasteiger partial charge on any atom is -0.462 e. The van der Waals surface area contributed by atoms with Gasteiger partial charge in [0.25, 0.3) is 0 Å². The minimum atomic E-state index is -0.818. The summed E-state index contributed by atoms with van der Waals surface area (Å²) in [6.07, 6.45) is 72.1. The van der Waals surface area contributed by atoms with Crippen LogP contribution in [0, 0.1) is 0 Å². The van der Waals surface area contributed by atoms with E-state index in [1.807, 2.05) is 6.08 Å². The van der Waals surface area contributed by atoms with E-state index in [4.69, 9.17) is 14.2 Å². The molecule has 0 spiro atoms. The summed E-state index contributed by atoms with van der Waals surface area (Å²) in [5.41, 5.74) is 0. The number of hydrogen-bond donors (Lipinski definition) is 0. The van der Waals surface area contributed by atoms with Crippen molar-refractivity contribution < 1.29 is 28.6 Å². The van der Waals surface area contributed by atoms with Gasteiger partial charge < -0.3 is 14.2 Å². The molecule has 0 N–H and O–H groups in total. The summed E-state index contributed by atoms with van der Waals surface area (Å²) in [7, 11) is 0. The summed E-state index contributed by atoms with van der Waals surface area (Å²) in [5.74, 6) is -1.04. The van der Waals surface area contributed by atoms with Crippen LogP contribution < -0.4 is 0 Å². The van der Waals surface area contributed by atoms with Gasteiger partial charge in [-0.1, -0.05) is 267 Å². The summed E-state index contributed by atoms with van der Waals surface area (Å²) in [4.78, 5) is 38.1. The molecule has 392 valence electrons. The molecule has 6 heteroatoms. The topological polar surface area (TPSA) is 78.9 Å². The highest BCUT2D eigenvalue weighted by molar-refractivity contribution is 5.72. The second-order valence-corrected chi connectivity index (χ2v) is 19.2. The summed E-state index contributed by atoms with van der Waals surface area (Å²) < 4.78 is 16.8. The zero-order valence-corrected chi connectivity index (χ0v) is 44.9.